The maximum atomic E-state index is 13.9. The monoisotopic (exact) mass is 555 g/mol. The van der Waals surface area contributed by atoms with E-state index in [-0.39, 0.29) is 18.9 Å². The van der Waals surface area contributed by atoms with Gasteiger partial charge < -0.3 is 14.5 Å². The van der Waals surface area contributed by atoms with Crippen LogP contribution in [0.25, 0.3) is 0 Å². The number of nitriles is 1. The third-order valence-corrected chi connectivity index (χ3v) is 7.76. The van der Waals surface area contributed by atoms with E-state index in [2.05, 4.69) is 6.07 Å². The first kappa shape index (κ1) is 29.4. The van der Waals surface area contributed by atoms with Crippen LogP contribution >= 0.6 is 0 Å². The Balaban J connectivity index is 1.60. The van der Waals surface area contributed by atoms with Gasteiger partial charge in [0.25, 0.3) is 0 Å². The fraction of sp³-hybridized carbons (Fsp3) is 0.516. The van der Waals surface area contributed by atoms with Crippen LogP contribution in [0.1, 0.15) is 62.6 Å². The summed E-state index contributed by atoms with van der Waals surface area (Å²) in [5.41, 5.74) is 1.37. The van der Waals surface area contributed by atoms with E-state index in [4.69, 9.17) is 10.00 Å². The molecule has 1 aliphatic carbocycles. The molecule has 0 spiro atoms. The van der Waals surface area contributed by atoms with Gasteiger partial charge in [-0.1, -0.05) is 54.6 Å². The Morgan fingerprint density at radius 3 is 2.17 bits per heavy atom. The fourth-order valence-electron chi connectivity index (χ4n) is 5.63. The summed E-state index contributed by atoms with van der Waals surface area (Å²) in [6, 6.07) is 18.4. The molecule has 6 nitrogen and oxygen atoms in total. The number of likely N-dealkylation sites (tertiary alicyclic amines) is 1. The number of benzene rings is 2. The predicted molar refractivity (Wildman–Crippen MR) is 144 cm³/mol. The van der Waals surface area contributed by atoms with E-state index in [0.29, 0.717) is 38.8 Å². The molecule has 1 saturated carbocycles. The molecule has 2 aromatic rings. The van der Waals surface area contributed by atoms with E-state index in [1.165, 1.54) is 0 Å². The van der Waals surface area contributed by atoms with Gasteiger partial charge in [0.05, 0.1) is 12.5 Å². The van der Waals surface area contributed by atoms with Gasteiger partial charge in [-0.15, -0.1) is 0 Å². The van der Waals surface area contributed by atoms with Gasteiger partial charge in [-0.25, -0.2) is 4.79 Å². The number of piperidine rings is 1. The van der Waals surface area contributed by atoms with Crippen LogP contribution in [-0.2, 0) is 22.4 Å². The number of halogens is 3. The van der Waals surface area contributed by atoms with Crippen LogP contribution in [0, 0.1) is 16.7 Å². The van der Waals surface area contributed by atoms with E-state index >= 15 is 0 Å². The molecule has 40 heavy (non-hydrogen) atoms. The van der Waals surface area contributed by atoms with Crippen molar-refractivity contribution in [2.24, 2.45) is 5.41 Å². The van der Waals surface area contributed by atoms with Crippen LogP contribution in [0.2, 0.25) is 0 Å². The second kappa shape index (κ2) is 11.5. The quantitative estimate of drug-likeness (QED) is 0.404. The number of hydrogen-bond donors (Lipinski definition) is 0. The topological polar surface area (TPSA) is 73.6 Å². The molecule has 2 amide bonds. The van der Waals surface area contributed by atoms with Gasteiger partial charge in [0.1, 0.15) is 5.60 Å². The van der Waals surface area contributed by atoms with Crippen molar-refractivity contribution in [3.63, 3.8) is 0 Å². The highest BCUT2D eigenvalue weighted by molar-refractivity contribution is 5.82. The zero-order valence-electron chi connectivity index (χ0n) is 23.2. The third kappa shape index (κ3) is 7.35. The van der Waals surface area contributed by atoms with Crippen molar-refractivity contribution in [2.75, 3.05) is 19.6 Å². The first-order chi connectivity index (χ1) is 18.8. The van der Waals surface area contributed by atoms with Gasteiger partial charge in [-0.05, 0) is 68.6 Å². The average Bonchev–Trinajstić information content (AvgIpc) is 3.69. The van der Waals surface area contributed by atoms with Gasteiger partial charge in [0, 0.05) is 31.6 Å². The van der Waals surface area contributed by atoms with Crippen molar-refractivity contribution >= 4 is 12.0 Å². The van der Waals surface area contributed by atoms with Crippen molar-refractivity contribution in [3.8, 4) is 6.07 Å². The van der Waals surface area contributed by atoms with Gasteiger partial charge in [0.15, 0.2) is 0 Å². The second-order valence-electron chi connectivity index (χ2n) is 12.0. The highest BCUT2D eigenvalue weighted by Gasteiger charge is 2.54. The zero-order chi connectivity index (χ0) is 29.1. The number of alkyl halides is 3. The molecule has 0 N–H and O–H groups in total. The summed E-state index contributed by atoms with van der Waals surface area (Å²) in [6.07, 6.45) is -3.38. The van der Waals surface area contributed by atoms with E-state index in [1.807, 2.05) is 54.6 Å². The van der Waals surface area contributed by atoms with Gasteiger partial charge in [-0.3, -0.25) is 4.79 Å². The molecule has 4 rings (SSSR count). The molecule has 2 atom stereocenters. The van der Waals surface area contributed by atoms with E-state index in [0.717, 1.165) is 21.6 Å². The minimum Gasteiger partial charge on any atom is -0.444 e. The van der Waals surface area contributed by atoms with Crippen LogP contribution in [0.5, 0.6) is 0 Å². The Bertz CT molecular complexity index is 1220. The molecule has 0 unspecified atom stereocenters. The molecule has 1 heterocycles. The summed E-state index contributed by atoms with van der Waals surface area (Å²) in [4.78, 5) is 28.2. The molecule has 214 valence electrons. The predicted octanol–water partition coefficient (Wildman–Crippen LogP) is 6.26. The number of carbonyl (C=O) groups is 2. The summed E-state index contributed by atoms with van der Waals surface area (Å²) in [5.74, 6) is -1.95. The van der Waals surface area contributed by atoms with Gasteiger partial charge in [0.2, 0.25) is 0 Å². The Kier molecular flexibility index (Phi) is 8.48. The summed E-state index contributed by atoms with van der Waals surface area (Å²) in [5, 5.41) is 8.99. The van der Waals surface area contributed by atoms with Crippen LogP contribution in [-0.4, -0.2) is 59.3 Å². The maximum Gasteiger partial charge on any atom is 0.471 e. The Hall–Kier alpha value is -3.54. The van der Waals surface area contributed by atoms with Crippen LogP contribution in [0.4, 0.5) is 18.0 Å². The number of amides is 2. The van der Waals surface area contributed by atoms with Crippen LogP contribution < -0.4 is 0 Å². The number of ether oxygens (including phenoxy) is 1. The molecule has 2 fully saturated rings. The second-order valence-corrected chi connectivity index (χ2v) is 12.0. The van der Waals surface area contributed by atoms with Gasteiger partial charge in [-0.2, -0.15) is 18.4 Å². The molecular formula is C31H36F3N3O3. The van der Waals surface area contributed by atoms with Crippen molar-refractivity contribution in [1.29, 1.82) is 5.26 Å². The largest absolute Gasteiger partial charge is 0.471 e. The summed E-state index contributed by atoms with van der Waals surface area (Å²) in [7, 11) is 0. The first-order valence-electron chi connectivity index (χ1n) is 13.7. The fourth-order valence-corrected chi connectivity index (χ4v) is 5.63. The Morgan fingerprint density at radius 2 is 1.62 bits per heavy atom. The molecule has 2 aromatic carbocycles. The smallest absolute Gasteiger partial charge is 0.444 e. The third-order valence-electron chi connectivity index (χ3n) is 7.76. The lowest BCUT2D eigenvalue weighted by atomic mass is 9.73. The minimum absolute atomic E-state index is 0.0541. The van der Waals surface area contributed by atoms with Crippen LogP contribution in [0.3, 0.4) is 0 Å². The SMILES string of the molecule is CC(C)(C)OC(=O)N1CCC(Cc2ccc(CC#N)cc2)(CN(C(=O)C(F)(F)F)[C@@H]2C[C@H]2c2ccccc2)CC1. The number of hydrogen-bond acceptors (Lipinski definition) is 4. The molecule has 1 aliphatic heterocycles. The average molecular weight is 556 g/mol. The number of nitrogens with zero attached hydrogens (tertiary/aromatic N) is 3. The van der Waals surface area contributed by atoms with Gasteiger partial charge >= 0.3 is 18.2 Å². The molecule has 9 heteroatoms. The van der Waals surface area contributed by atoms with E-state index in [1.54, 1.807) is 25.7 Å². The lowest BCUT2D eigenvalue weighted by molar-refractivity contribution is -0.188. The normalized spacial score (nSPS) is 20.4. The minimum atomic E-state index is -4.98. The highest BCUT2D eigenvalue weighted by Crippen LogP contribution is 2.48. The summed E-state index contributed by atoms with van der Waals surface area (Å²) >= 11 is 0. The number of rotatable bonds is 7. The van der Waals surface area contributed by atoms with E-state index < -0.39 is 35.2 Å². The number of carbonyl (C=O) groups excluding carboxylic acids is 2. The van der Waals surface area contributed by atoms with E-state index in [9.17, 15) is 22.8 Å². The molecule has 0 aromatic heterocycles. The lowest BCUT2D eigenvalue weighted by Gasteiger charge is -2.45. The summed E-state index contributed by atoms with van der Waals surface area (Å²) < 4.78 is 47.2. The molecular weight excluding hydrogens is 519 g/mol. The lowest BCUT2D eigenvalue weighted by Crippen LogP contribution is -2.53. The standard InChI is InChI=1S/C31H36F3N3O3/c1-29(2,3)40-28(39)36-17-14-30(15-18-36,20-23-11-9-22(10-12-23)13-16-35)21-37(27(38)31(32,33)34)26-19-25(26)24-7-5-4-6-8-24/h4-12,25-26H,13-15,17-21H2,1-3H3/t25-,26+/m0/s1. The summed E-state index contributed by atoms with van der Waals surface area (Å²) in [6.45, 7) is 5.95. The maximum absolute atomic E-state index is 13.9. The molecule has 0 bridgehead atoms. The van der Waals surface area contributed by atoms with Crippen molar-refractivity contribution in [2.45, 2.75) is 76.6 Å². The Morgan fingerprint density at radius 1 is 1.02 bits per heavy atom. The highest BCUT2D eigenvalue weighted by atomic mass is 19.4. The van der Waals surface area contributed by atoms with Crippen molar-refractivity contribution < 1.29 is 27.5 Å². The van der Waals surface area contributed by atoms with Crippen molar-refractivity contribution in [1.82, 2.24) is 9.80 Å². The first-order valence-corrected chi connectivity index (χ1v) is 13.7. The van der Waals surface area contributed by atoms with Crippen LogP contribution in [0.15, 0.2) is 54.6 Å². The zero-order valence-corrected chi connectivity index (χ0v) is 23.2. The molecule has 1 saturated heterocycles. The van der Waals surface area contributed by atoms with Crippen molar-refractivity contribution in [3.05, 3.63) is 71.3 Å². The molecule has 0 radical (unpaired) electrons. The molecule has 2 aliphatic rings. The Labute approximate surface area is 233 Å².